The van der Waals surface area contributed by atoms with Crippen LogP contribution in [0, 0.1) is 0 Å². The Morgan fingerprint density at radius 3 is 2.65 bits per heavy atom. The molecule has 4 aromatic heterocycles. The number of nitrogens with zero attached hydrogens (tertiary/aromatic N) is 7. The minimum absolute atomic E-state index is 0. The Kier molecular flexibility index (Phi) is 5.84. The average Bonchev–Trinajstić information content (AvgIpc) is 3.47. The van der Waals surface area contributed by atoms with Gasteiger partial charge in [-0.25, -0.2) is 19.7 Å². The van der Waals surface area contributed by atoms with Crippen molar-refractivity contribution in [1.82, 2.24) is 34.0 Å². The van der Waals surface area contributed by atoms with Gasteiger partial charge in [-0.1, -0.05) is 19.6 Å². The van der Waals surface area contributed by atoms with Crippen molar-refractivity contribution in [3.05, 3.63) is 81.4 Å². The zero-order chi connectivity index (χ0) is 22.4. The number of aromatic nitrogens is 6. The first kappa shape index (κ1) is 22.2. The van der Waals surface area contributed by atoms with E-state index in [1.54, 1.807) is 30.8 Å². The summed E-state index contributed by atoms with van der Waals surface area (Å²) < 4.78 is 8.50. The number of hydrogen-bond acceptors (Lipinski definition) is 8. The molecule has 0 N–H and O–H groups in total. The lowest BCUT2D eigenvalue weighted by Gasteiger charge is -2.25. The molecule has 0 saturated carbocycles. The van der Waals surface area contributed by atoms with Gasteiger partial charge in [0.2, 0.25) is 0 Å². The van der Waals surface area contributed by atoms with Gasteiger partial charge < -0.3 is 4.74 Å². The van der Waals surface area contributed by atoms with E-state index in [2.05, 4.69) is 25.0 Å². The van der Waals surface area contributed by atoms with Gasteiger partial charge in [0.1, 0.15) is 22.7 Å². The first-order valence-corrected chi connectivity index (χ1v) is 11.5. The third-order valence-corrected chi connectivity index (χ3v) is 7.27. The van der Waals surface area contributed by atoms with Gasteiger partial charge in [-0.3, -0.25) is 9.47 Å². The highest BCUT2D eigenvalue weighted by molar-refractivity contribution is 7.19. The van der Waals surface area contributed by atoms with Crippen molar-refractivity contribution in [2.75, 3.05) is 13.7 Å². The maximum absolute atomic E-state index is 13.3. The summed E-state index contributed by atoms with van der Waals surface area (Å²) in [6.07, 6.45) is 5.89. The van der Waals surface area contributed by atoms with Crippen LogP contribution in [0.4, 0.5) is 0 Å². The molecule has 0 bridgehead atoms. The van der Waals surface area contributed by atoms with Gasteiger partial charge in [0.05, 0.1) is 25.6 Å². The summed E-state index contributed by atoms with van der Waals surface area (Å²) in [5.74, 6) is 1.61. The number of fused-ring (bicyclic) bond motifs is 5. The van der Waals surface area contributed by atoms with Crippen LogP contribution in [0.2, 0.25) is 0 Å². The number of benzene rings is 1. The summed E-state index contributed by atoms with van der Waals surface area (Å²) in [5.41, 5.74) is 2.74. The summed E-state index contributed by atoms with van der Waals surface area (Å²) in [4.78, 5) is 31.0. The number of hydrogen-bond donors (Lipinski definition) is 0. The van der Waals surface area contributed by atoms with Gasteiger partial charge >= 0.3 is 5.69 Å². The van der Waals surface area contributed by atoms with Crippen LogP contribution in [0.5, 0.6) is 5.75 Å². The van der Waals surface area contributed by atoms with Gasteiger partial charge in [-0.15, -0.1) is 11.3 Å². The van der Waals surface area contributed by atoms with Crippen molar-refractivity contribution in [1.29, 1.82) is 0 Å². The molecule has 1 aromatic carbocycles. The zero-order valence-electron chi connectivity index (χ0n) is 18.0. The molecule has 1 aliphatic heterocycles. The van der Waals surface area contributed by atoms with Gasteiger partial charge in [0, 0.05) is 30.4 Å². The zero-order valence-corrected chi connectivity index (χ0v) is 18.8. The molecule has 174 valence electrons. The van der Waals surface area contributed by atoms with Gasteiger partial charge in [-0.2, -0.15) is 9.61 Å². The molecule has 0 aliphatic carbocycles. The Labute approximate surface area is 200 Å². The molecule has 0 radical (unpaired) electrons. The fraction of sp³-hybridized carbons (Fsp3) is 0.292. The van der Waals surface area contributed by atoms with Gasteiger partial charge in [0.15, 0.2) is 5.65 Å². The molecule has 0 saturated heterocycles. The molecule has 0 amide bonds. The van der Waals surface area contributed by atoms with E-state index in [0.717, 1.165) is 46.9 Å². The van der Waals surface area contributed by atoms with E-state index in [9.17, 15) is 4.79 Å². The van der Waals surface area contributed by atoms with Crippen LogP contribution in [0.3, 0.4) is 0 Å². The summed E-state index contributed by atoms with van der Waals surface area (Å²) in [6, 6.07) is 9.62. The van der Waals surface area contributed by atoms with Crippen LogP contribution in [0.1, 0.15) is 29.3 Å². The van der Waals surface area contributed by atoms with Crippen molar-refractivity contribution in [2.24, 2.45) is 0 Å². The quantitative estimate of drug-likeness (QED) is 0.386. The molecule has 10 heteroatoms. The summed E-state index contributed by atoms with van der Waals surface area (Å²) >= 11 is 1.67. The van der Waals surface area contributed by atoms with Crippen LogP contribution in [-0.4, -0.2) is 47.7 Å². The van der Waals surface area contributed by atoms with Crippen LogP contribution < -0.4 is 10.4 Å². The fourth-order valence-electron chi connectivity index (χ4n) is 4.42. The minimum Gasteiger partial charge on any atom is -0.497 e. The standard InChI is InChI=1S/C23H21N7O2S.CH4/c1-32-16-5-3-15(4-6-16)11-29-22-20(21-26-14-27-30(21)23(29)31)17-7-10-28(12-18(17)33-22)13-19-24-8-2-9-25-19;/h2-6,8-9,14H,7,10-13H2,1H3;1H4. The molecular formula is C24H25N7O2S. The van der Waals surface area contributed by atoms with Crippen LogP contribution in [0.15, 0.2) is 53.8 Å². The number of thiophene rings is 1. The highest BCUT2D eigenvalue weighted by Gasteiger charge is 2.26. The Balaban J connectivity index is 0.00000241. The molecular weight excluding hydrogens is 450 g/mol. The van der Waals surface area contributed by atoms with Crippen LogP contribution in [-0.2, 0) is 26.1 Å². The highest BCUT2D eigenvalue weighted by atomic mass is 32.1. The van der Waals surface area contributed by atoms with Crippen LogP contribution in [0.25, 0.3) is 15.9 Å². The molecule has 6 rings (SSSR count). The number of methoxy groups -OCH3 is 1. The van der Waals surface area contributed by atoms with E-state index in [-0.39, 0.29) is 13.1 Å². The monoisotopic (exact) mass is 475 g/mol. The lowest BCUT2D eigenvalue weighted by Crippen LogP contribution is -2.30. The maximum Gasteiger partial charge on any atom is 0.352 e. The van der Waals surface area contributed by atoms with Crippen molar-refractivity contribution >= 4 is 27.2 Å². The van der Waals surface area contributed by atoms with E-state index in [1.807, 2.05) is 34.9 Å². The molecule has 1 aliphatic rings. The third-order valence-electron chi connectivity index (χ3n) is 6.03. The molecule has 0 unspecified atom stereocenters. The van der Waals surface area contributed by atoms with Gasteiger partial charge in [0.25, 0.3) is 0 Å². The van der Waals surface area contributed by atoms with E-state index in [1.165, 1.54) is 21.3 Å². The lowest BCUT2D eigenvalue weighted by atomic mass is 10.1. The van der Waals surface area contributed by atoms with E-state index >= 15 is 0 Å². The molecule has 0 atom stereocenters. The van der Waals surface area contributed by atoms with E-state index in [0.29, 0.717) is 18.7 Å². The SMILES string of the molecule is C.COc1ccc(Cn2c(=O)n3ncnc3c3c4c(sc32)CN(Cc2ncccn2)CC4)cc1. The summed E-state index contributed by atoms with van der Waals surface area (Å²) in [6.45, 7) is 2.85. The number of rotatable bonds is 5. The molecule has 9 nitrogen and oxygen atoms in total. The first-order chi connectivity index (χ1) is 16.2. The topological polar surface area (TPSA) is 90.4 Å². The molecule has 34 heavy (non-hydrogen) atoms. The molecule has 5 heterocycles. The first-order valence-electron chi connectivity index (χ1n) is 10.7. The predicted molar refractivity (Wildman–Crippen MR) is 131 cm³/mol. The normalized spacial score (nSPS) is 13.7. The van der Waals surface area contributed by atoms with Gasteiger partial charge in [-0.05, 0) is 35.7 Å². The van der Waals surface area contributed by atoms with Crippen LogP contribution >= 0.6 is 11.3 Å². The average molecular weight is 476 g/mol. The largest absolute Gasteiger partial charge is 0.497 e. The fourth-order valence-corrected chi connectivity index (χ4v) is 5.79. The van der Waals surface area contributed by atoms with Crippen molar-refractivity contribution in [2.45, 2.75) is 33.5 Å². The van der Waals surface area contributed by atoms with Crippen molar-refractivity contribution < 1.29 is 4.74 Å². The Morgan fingerprint density at radius 1 is 1.09 bits per heavy atom. The molecule has 0 spiro atoms. The summed E-state index contributed by atoms with van der Waals surface area (Å²) in [5, 5.41) is 5.27. The number of ether oxygens (including phenoxy) is 1. The summed E-state index contributed by atoms with van der Waals surface area (Å²) in [7, 11) is 1.64. The van der Waals surface area contributed by atoms with E-state index < -0.39 is 0 Å². The Hall–Kier alpha value is -3.63. The highest BCUT2D eigenvalue weighted by Crippen LogP contribution is 2.36. The second-order valence-corrected chi connectivity index (χ2v) is 9.11. The second-order valence-electron chi connectivity index (χ2n) is 8.02. The second kappa shape index (κ2) is 8.96. The smallest absolute Gasteiger partial charge is 0.352 e. The maximum atomic E-state index is 13.3. The van der Waals surface area contributed by atoms with E-state index in [4.69, 9.17) is 4.74 Å². The van der Waals surface area contributed by atoms with Crippen molar-refractivity contribution in [3.8, 4) is 5.75 Å². The molecule has 0 fully saturated rings. The Bertz CT molecular complexity index is 1510. The Morgan fingerprint density at radius 2 is 1.88 bits per heavy atom. The minimum atomic E-state index is -0.182. The molecule has 5 aromatic rings. The third kappa shape index (κ3) is 3.74. The lowest BCUT2D eigenvalue weighted by molar-refractivity contribution is 0.243. The van der Waals surface area contributed by atoms with Crippen molar-refractivity contribution in [3.63, 3.8) is 0 Å². The predicted octanol–water partition coefficient (Wildman–Crippen LogP) is 3.15.